The second-order valence-corrected chi connectivity index (χ2v) is 4.97. The molecule has 1 aromatic rings. The van der Waals surface area contributed by atoms with Crippen molar-refractivity contribution in [2.24, 2.45) is 0 Å². The van der Waals surface area contributed by atoms with Gasteiger partial charge in [-0.15, -0.1) is 11.3 Å². The van der Waals surface area contributed by atoms with Gasteiger partial charge < -0.3 is 10.4 Å². The third-order valence-electron chi connectivity index (χ3n) is 2.90. The van der Waals surface area contributed by atoms with E-state index in [9.17, 15) is 5.11 Å². The molecule has 2 unspecified atom stereocenters. The Morgan fingerprint density at radius 3 is 3.00 bits per heavy atom. The molecule has 78 valence electrons. The Labute approximate surface area is 88.2 Å². The van der Waals surface area contributed by atoms with Gasteiger partial charge in [-0.2, -0.15) is 0 Å². The lowest BCUT2D eigenvalue weighted by atomic mass is 9.89. The van der Waals surface area contributed by atoms with E-state index < -0.39 is 5.60 Å². The highest BCUT2D eigenvalue weighted by Gasteiger charge is 2.35. The van der Waals surface area contributed by atoms with Crippen LogP contribution in [0, 0.1) is 6.92 Å². The molecule has 0 saturated carbocycles. The van der Waals surface area contributed by atoms with Gasteiger partial charge in [-0.1, -0.05) is 0 Å². The average molecular weight is 212 g/mol. The van der Waals surface area contributed by atoms with Crippen molar-refractivity contribution in [3.8, 4) is 0 Å². The van der Waals surface area contributed by atoms with E-state index in [4.69, 9.17) is 0 Å². The van der Waals surface area contributed by atoms with Crippen LogP contribution in [0.1, 0.15) is 30.3 Å². The van der Waals surface area contributed by atoms with Crippen molar-refractivity contribution in [2.75, 3.05) is 6.54 Å². The second-order valence-electron chi connectivity index (χ2n) is 4.12. The molecule has 2 N–H and O–H groups in total. The summed E-state index contributed by atoms with van der Waals surface area (Å²) in [5.74, 6) is 0. The standard InChI is InChI=1S/C10H16N2OS/c1-7-3-4-10(13,5-11-7)9-8(2)12-6-14-9/h6-7,11,13H,3-5H2,1-2H3. The molecule has 0 aromatic carbocycles. The van der Waals surface area contributed by atoms with Crippen molar-refractivity contribution in [3.05, 3.63) is 16.1 Å². The molecule has 0 bridgehead atoms. The van der Waals surface area contributed by atoms with Crippen molar-refractivity contribution in [2.45, 2.75) is 38.3 Å². The molecule has 0 aliphatic carbocycles. The highest BCUT2D eigenvalue weighted by Crippen LogP contribution is 2.34. The van der Waals surface area contributed by atoms with E-state index in [1.165, 1.54) is 0 Å². The van der Waals surface area contributed by atoms with Crippen molar-refractivity contribution < 1.29 is 5.11 Å². The normalized spacial score (nSPS) is 33.2. The lowest BCUT2D eigenvalue weighted by molar-refractivity contribution is 0.00635. The van der Waals surface area contributed by atoms with Crippen LogP contribution in [0.2, 0.25) is 0 Å². The molecule has 1 aromatic heterocycles. The number of aliphatic hydroxyl groups is 1. The fourth-order valence-corrected chi connectivity index (χ4v) is 2.86. The zero-order valence-corrected chi connectivity index (χ0v) is 9.40. The summed E-state index contributed by atoms with van der Waals surface area (Å²) in [5, 5.41) is 13.8. The molecule has 14 heavy (non-hydrogen) atoms. The third-order valence-corrected chi connectivity index (χ3v) is 4.02. The first-order valence-corrected chi connectivity index (χ1v) is 5.86. The van der Waals surface area contributed by atoms with Gasteiger partial charge in [-0.05, 0) is 26.7 Å². The molecular weight excluding hydrogens is 196 g/mol. The fraction of sp³-hybridized carbons (Fsp3) is 0.700. The van der Waals surface area contributed by atoms with Crippen LogP contribution in [-0.4, -0.2) is 22.7 Å². The van der Waals surface area contributed by atoms with E-state index in [-0.39, 0.29) is 0 Å². The second kappa shape index (κ2) is 3.61. The zero-order valence-electron chi connectivity index (χ0n) is 8.58. The lowest BCUT2D eigenvalue weighted by Gasteiger charge is -2.35. The van der Waals surface area contributed by atoms with Crippen molar-refractivity contribution >= 4 is 11.3 Å². The number of β-amino-alcohol motifs (C(OH)–C–C–N with tert-alkyl or cyclic N) is 1. The molecule has 0 radical (unpaired) electrons. The molecule has 0 amide bonds. The number of rotatable bonds is 1. The van der Waals surface area contributed by atoms with Crippen molar-refractivity contribution in [3.63, 3.8) is 0 Å². The average Bonchev–Trinajstić information content (AvgIpc) is 2.58. The topological polar surface area (TPSA) is 45.2 Å². The highest BCUT2D eigenvalue weighted by molar-refractivity contribution is 7.09. The van der Waals surface area contributed by atoms with Gasteiger partial charge >= 0.3 is 0 Å². The van der Waals surface area contributed by atoms with E-state index in [1.807, 2.05) is 6.92 Å². The van der Waals surface area contributed by atoms with E-state index in [0.29, 0.717) is 12.6 Å². The van der Waals surface area contributed by atoms with Crippen molar-refractivity contribution in [1.82, 2.24) is 10.3 Å². The first kappa shape index (κ1) is 10.1. The molecule has 1 aliphatic rings. The Bertz CT molecular complexity index is 316. The summed E-state index contributed by atoms with van der Waals surface area (Å²) in [6, 6.07) is 0.517. The Hall–Kier alpha value is -0.450. The number of nitrogens with zero attached hydrogens (tertiary/aromatic N) is 1. The van der Waals surface area contributed by atoms with E-state index in [0.717, 1.165) is 23.4 Å². The maximum atomic E-state index is 10.4. The maximum Gasteiger partial charge on any atom is 0.113 e. The summed E-state index contributed by atoms with van der Waals surface area (Å²) in [6.45, 7) is 4.76. The van der Waals surface area contributed by atoms with Crippen LogP contribution < -0.4 is 5.32 Å². The predicted molar refractivity (Wildman–Crippen MR) is 57.4 cm³/mol. The molecule has 1 fully saturated rings. The van der Waals surface area contributed by atoms with Crippen LogP contribution in [-0.2, 0) is 5.60 Å². The number of piperidine rings is 1. The van der Waals surface area contributed by atoms with E-state index in [1.54, 1.807) is 16.8 Å². The van der Waals surface area contributed by atoms with Gasteiger partial charge in [-0.3, -0.25) is 0 Å². The molecule has 1 aliphatic heterocycles. The number of nitrogens with one attached hydrogen (secondary N) is 1. The summed E-state index contributed by atoms with van der Waals surface area (Å²) >= 11 is 1.56. The van der Waals surface area contributed by atoms with Gasteiger partial charge in [0.25, 0.3) is 0 Å². The number of hydrogen-bond acceptors (Lipinski definition) is 4. The Morgan fingerprint density at radius 2 is 2.50 bits per heavy atom. The Kier molecular flexibility index (Phi) is 2.60. The van der Waals surface area contributed by atoms with Crippen LogP contribution in [0.5, 0.6) is 0 Å². The molecule has 0 spiro atoms. The van der Waals surface area contributed by atoms with Crippen LogP contribution in [0.3, 0.4) is 0 Å². The molecule has 2 heterocycles. The summed E-state index contributed by atoms with van der Waals surface area (Å²) < 4.78 is 0. The van der Waals surface area contributed by atoms with Gasteiger partial charge in [0.2, 0.25) is 0 Å². The highest BCUT2D eigenvalue weighted by atomic mass is 32.1. The van der Waals surface area contributed by atoms with E-state index in [2.05, 4.69) is 17.2 Å². The smallest absolute Gasteiger partial charge is 0.113 e. The Balaban J connectivity index is 2.21. The SMILES string of the molecule is Cc1ncsc1C1(O)CCC(C)NC1. The van der Waals surface area contributed by atoms with Gasteiger partial charge in [0.1, 0.15) is 5.60 Å². The predicted octanol–water partition coefficient (Wildman–Crippen LogP) is 1.41. The fourth-order valence-electron chi connectivity index (χ4n) is 1.93. The maximum absolute atomic E-state index is 10.4. The summed E-state index contributed by atoms with van der Waals surface area (Å²) in [6.07, 6.45) is 1.86. The van der Waals surface area contributed by atoms with Gasteiger partial charge in [-0.25, -0.2) is 4.98 Å². The number of aryl methyl sites for hydroxylation is 1. The van der Waals surface area contributed by atoms with Gasteiger partial charge in [0, 0.05) is 12.6 Å². The summed E-state index contributed by atoms with van der Waals surface area (Å²) in [7, 11) is 0. The van der Waals surface area contributed by atoms with Crippen molar-refractivity contribution in [1.29, 1.82) is 0 Å². The largest absolute Gasteiger partial charge is 0.383 e. The molecule has 2 atom stereocenters. The summed E-state index contributed by atoms with van der Waals surface area (Å²) in [5.41, 5.74) is 2.09. The number of aromatic nitrogens is 1. The monoisotopic (exact) mass is 212 g/mol. The minimum atomic E-state index is -0.683. The minimum absolute atomic E-state index is 0.517. The quantitative estimate of drug-likeness (QED) is 0.740. The molecule has 4 heteroatoms. The number of hydrogen-bond donors (Lipinski definition) is 2. The van der Waals surface area contributed by atoms with Gasteiger partial charge in [0.05, 0.1) is 16.1 Å². The minimum Gasteiger partial charge on any atom is -0.383 e. The van der Waals surface area contributed by atoms with Crippen LogP contribution in [0.15, 0.2) is 5.51 Å². The van der Waals surface area contributed by atoms with Crippen LogP contribution in [0.25, 0.3) is 0 Å². The first-order chi connectivity index (χ1) is 6.62. The van der Waals surface area contributed by atoms with Crippen LogP contribution in [0.4, 0.5) is 0 Å². The molecular formula is C10H16N2OS. The molecule has 2 rings (SSSR count). The summed E-state index contributed by atoms with van der Waals surface area (Å²) in [4.78, 5) is 5.21. The molecule has 1 saturated heterocycles. The first-order valence-electron chi connectivity index (χ1n) is 4.98. The van der Waals surface area contributed by atoms with Crippen LogP contribution >= 0.6 is 11.3 Å². The van der Waals surface area contributed by atoms with Gasteiger partial charge in [0.15, 0.2) is 0 Å². The zero-order chi connectivity index (χ0) is 10.2. The lowest BCUT2D eigenvalue weighted by Crippen LogP contribution is -2.47. The van der Waals surface area contributed by atoms with E-state index >= 15 is 0 Å². The number of thiazole rings is 1. The molecule has 3 nitrogen and oxygen atoms in total. The third kappa shape index (κ3) is 1.69. The Morgan fingerprint density at radius 1 is 1.71 bits per heavy atom.